The molecule has 7 heteroatoms. The Labute approximate surface area is 164 Å². The number of aromatic nitrogens is 1. The Hall–Kier alpha value is -2.54. The summed E-state index contributed by atoms with van der Waals surface area (Å²) in [5.41, 5.74) is 1.98. The quantitative estimate of drug-likeness (QED) is 0.778. The van der Waals surface area contributed by atoms with E-state index in [0.29, 0.717) is 19.5 Å². The molecule has 148 valence electrons. The van der Waals surface area contributed by atoms with Crippen molar-refractivity contribution in [3.8, 4) is 0 Å². The number of nitrogens with one attached hydrogen (secondary N) is 1. The Kier molecular flexibility index (Phi) is 5.52. The number of alkyl halides is 1. The van der Waals surface area contributed by atoms with E-state index in [1.807, 2.05) is 18.2 Å². The highest BCUT2D eigenvalue weighted by atomic mass is 19.1. The molecular formula is C21H26FN5O. The van der Waals surface area contributed by atoms with Gasteiger partial charge in [-0.25, -0.2) is 4.39 Å². The van der Waals surface area contributed by atoms with Crippen LogP contribution in [0, 0.1) is 0 Å². The first-order valence-electron chi connectivity index (χ1n) is 9.82. The van der Waals surface area contributed by atoms with Crippen molar-refractivity contribution in [1.29, 1.82) is 0 Å². The van der Waals surface area contributed by atoms with Crippen molar-refractivity contribution in [2.24, 2.45) is 4.99 Å². The van der Waals surface area contributed by atoms with Gasteiger partial charge in [0.15, 0.2) is 0 Å². The van der Waals surface area contributed by atoms with Gasteiger partial charge in [-0.3, -0.25) is 19.7 Å². The first kappa shape index (κ1) is 18.8. The van der Waals surface area contributed by atoms with Gasteiger partial charge in [-0.1, -0.05) is 18.2 Å². The van der Waals surface area contributed by atoms with E-state index < -0.39 is 6.17 Å². The fourth-order valence-corrected chi connectivity index (χ4v) is 4.30. The van der Waals surface area contributed by atoms with Gasteiger partial charge in [0.05, 0.1) is 36.9 Å². The Bertz CT molecular complexity index is 854. The Balaban J connectivity index is 1.35. The molecule has 28 heavy (non-hydrogen) atoms. The molecule has 1 aromatic heterocycles. The average molecular weight is 383 g/mol. The third-order valence-corrected chi connectivity index (χ3v) is 5.65. The van der Waals surface area contributed by atoms with Gasteiger partial charge >= 0.3 is 0 Å². The standard InChI is InChI=1S/C21H26FN5O/c1-23-11-18-10-16(22)12-27(18)20(28)14-26-9-7-17(13-26)25-19-6-2-4-15-5-3-8-24-21(15)19/h2-6,8,16-18,25H,1,7,9-14H2/t16-,17+,18-/m0/s1. The Morgan fingerprint density at radius 1 is 1.32 bits per heavy atom. The molecule has 1 amide bonds. The molecule has 3 atom stereocenters. The number of pyridine rings is 1. The summed E-state index contributed by atoms with van der Waals surface area (Å²) in [6.07, 6.45) is 2.17. The molecule has 2 fully saturated rings. The number of rotatable bonds is 6. The minimum atomic E-state index is -0.956. The molecule has 0 bridgehead atoms. The molecule has 2 saturated heterocycles. The summed E-state index contributed by atoms with van der Waals surface area (Å²) in [5, 5.41) is 4.69. The highest BCUT2D eigenvalue weighted by Crippen LogP contribution is 2.24. The minimum Gasteiger partial charge on any atom is -0.379 e. The number of para-hydroxylation sites is 1. The molecule has 2 aliphatic heterocycles. The number of aliphatic imine (C=N–C) groups is 1. The van der Waals surface area contributed by atoms with Gasteiger partial charge in [0, 0.05) is 37.1 Å². The SMILES string of the molecule is C=NC[C@@H]1C[C@H](F)CN1C(=O)CN1CC[C@@H](Nc2cccc3cccnc23)C1. The molecule has 1 aromatic carbocycles. The van der Waals surface area contributed by atoms with E-state index >= 15 is 0 Å². The number of halogens is 1. The highest BCUT2D eigenvalue weighted by Gasteiger charge is 2.36. The van der Waals surface area contributed by atoms with E-state index in [2.05, 4.69) is 39.0 Å². The molecule has 0 aliphatic carbocycles. The Morgan fingerprint density at radius 2 is 2.18 bits per heavy atom. The van der Waals surface area contributed by atoms with Crippen molar-refractivity contribution in [1.82, 2.24) is 14.8 Å². The number of nitrogens with zero attached hydrogens (tertiary/aromatic N) is 4. The number of benzene rings is 1. The first-order chi connectivity index (χ1) is 13.6. The van der Waals surface area contributed by atoms with Crippen molar-refractivity contribution in [2.75, 3.05) is 38.0 Å². The summed E-state index contributed by atoms with van der Waals surface area (Å²) >= 11 is 0. The summed E-state index contributed by atoms with van der Waals surface area (Å²) in [7, 11) is 0. The predicted molar refractivity (Wildman–Crippen MR) is 110 cm³/mol. The van der Waals surface area contributed by atoms with Gasteiger partial charge in [0.25, 0.3) is 0 Å². The summed E-state index contributed by atoms with van der Waals surface area (Å²) in [6.45, 7) is 6.02. The second-order valence-electron chi connectivity index (χ2n) is 7.68. The van der Waals surface area contributed by atoms with Crippen molar-refractivity contribution in [2.45, 2.75) is 31.1 Å². The van der Waals surface area contributed by atoms with Crippen LogP contribution in [0.1, 0.15) is 12.8 Å². The van der Waals surface area contributed by atoms with Crippen LogP contribution < -0.4 is 5.32 Å². The van der Waals surface area contributed by atoms with E-state index in [0.717, 1.165) is 36.1 Å². The van der Waals surface area contributed by atoms with E-state index in [-0.39, 0.29) is 24.5 Å². The third kappa shape index (κ3) is 3.99. The third-order valence-electron chi connectivity index (χ3n) is 5.65. The normalized spacial score (nSPS) is 25.3. The molecule has 3 heterocycles. The van der Waals surface area contributed by atoms with E-state index in [1.54, 1.807) is 11.1 Å². The topological polar surface area (TPSA) is 60.8 Å². The van der Waals surface area contributed by atoms with Crippen LogP contribution in [0.25, 0.3) is 10.9 Å². The van der Waals surface area contributed by atoms with Crippen molar-refractivity contribution < 1.29 is 9.18 Å². The summed E-state index contributed by atoms with van der Waals surface area (Å²) in [6, 6.07) is 10.2. The number of anilines is 1. The van der Waals surface area contributed by atoms with Crippen LogP contribution in [0.2, 0.25) is 0 Å². The Morgan fingerprint density at radius 3 is 3.04 bits per heavy atom. The lowest BCUT2D eigenvalue weighted by Crippen LogP contribution is -2.43. The second-order valence-corrected chi connectivity index (χ2v) is 7.68. The molecule has 1 N–H and O–H groups in total. The number of hydrogen-bond donors (Lipinski definition) is 1. The zero-order valence-electron chi connectivity index (χ0n) is 15.9. The largest absolute Gasteiger partial charge is 0.379 e. The molecule has 2 aromatic rings. The van der Waals surface area contributed by atoms with E-state index in [4.69, 9.17) is 0 Å². The fourth-order valence-electron chi connectivity index (χ4n) is 4.30. The van der Waals surface area contributed by atoms with Crippen LogP contribution in [0.3, 0.4) is 0 Å². The summed E-state index contributed by atoms with van der Waals surface area (Å²) < 4.78 is 13.8. The molecular weight excluding hydrogens is 357 g/mol. The lowest BCUT2D eigenvalue weighted by atomic mass is 10.1. The number of fused-ring (bicyclic) bond motifs is 1. The van der Waals surface area contributed by atoms with Gasteiger partial charge in [0.1, 0.15) is 6.17 Å². The first-order valence-corrected chi connectivity index (χ1v) is 9.82. The number of hydrogen-bond acceptors (Lipinski definition) is 5. The van der Waals surface area contributed by atoms with Gasteiger partial charge in [0.2, 0.25) is 5.91 Å². The maximum atomic E-state index is 13.8. The maximum Gasteiger partial charge on any atom is 0.237 e. The number of amides is 1. The fraction of sp³-hybridized carbons (Fsp3) is 0.476. The molecule has 4 rings (SSSR count). The maximum absolute atomic E-state index is 13.8. The lowest BCUT2D eigenvalue weighted by molar-refractivity contribution is -0.133. The summed E-state index contributed by atoms with van der Waals surface area (Å²) in [5.74, 6) is -0.0127. The van der Waals surface area contributed by atoms with Crippen LogP contribution in [0.4, 0.5) is 10.1 Å². The predicted octanol–water partition coefficient (Wildman–Crippen LogP) is 2.36. The molecule has 6 nitrogen and oxygen atoms in total. The molecule has 0 radical (unpaired) electrons. The zero-order valence-corrected chi connectivity index (χ0v) is 15.9. The van der Waals surface area contributed by atoms with Gasteiger partial charge in [-0.15, -0.1) is 0 Å². The van der Waals surface area contributed by atoms with Crippen LogP contribution in [-0.2, 0) is 4.79 Å². The molecule has 2 aliphatic rings. The van der Waals surface area contributed by atoms with Crippen molar-refractivity contribution in [3.63, 3.8) is 0 Å². The number of carbonyl (C=O) groups is 1. The van der Waals surface area contributed by atoms with E-state index in [9.17, 15) is 9.18 Å². The molecule has 0 spiro atoms. The van der Waals surface area contributed by atoms with Crippen molar-refractivity contribution >= 4 is 29.2 Å². The molecule has 0 saturated carbocycles. The lowest BCUT2D eigenvalue weighted by Gasteiger charge is -2.25. The number of likely N-dealkylation sites (tertiary alicyclic amines) is 2. The van der Waals surface area contributed by atoms with Gasteiger partial charge in [-0.2, -0.15) is 0 Å². The van der Waals surface area contributed by atoms with Gasteiger partial charge in [-0.05, 0) is 25.3 Å². The average Bonchev–Trinajstić information content (AvgIpc) is 3.28. The smallest absolute Gasteiger partial charge is 0.237 e. The molecule has 0 unspecified atom stereocenters. The number of carbonyl (C=O) groups excluding carboxylic acids is 1. The summed E-state index contributed by atoms with van der Waals surface area (Å²) in [4.78, 5) is 24.8. The van der Waals surface area contributed by atoms with Gasteiger partial charge < -0.3 is 10.2 Å². The van der Waals surface area contributed by atoms with Crippen LogP contribution in [0.15, 0.2) is 41.5 Å². The van der Waals surface area contributed by atoms with Crippen LogP contribution >= 0.6 is 0 Å². The highest BCUT2D eigenvalue weighted by molar-refractivity contribution is 5.90. The van der Waals surface area contributed by atoms with Crippen LogP contribution in [0.5, 0.6) is 0 Å². The minimum absolute atomic E-state index is 0.0127. The van der Waals surface area contributed by atoms with Crippen molar-refractivity contribution in [3.05, 3.63) is 36.5 Å². The zero-order chi connectivity index (χ0) is 19.5. The monoisotopic (exact) mass is 383 g/mol. The second kappa shape index (κ2) is 8.22. The van der Waals surface area contributed by atoms with Crippen LogP contribution in [-0.4, -0.2) is 78.4 Å². The van der Waals surface area contributed by atoms with E-state index in [1.165, 1.54) is 0 Å².